The third-order valence-corrected chi connectivity index (χ3v) is 5.46. The first-order valence-corrected chi connectivity index (χ1v) is 9.89. The van der Waals surface area contributed by atoms with Crippen LogP contribution in [0.3, 0.4) is 0 Å². The second-order valence-corrected chi connectivity index (χ2v) is 7.95. The second-order valence-electron chi connectivity index (χ2n) is 7.95. The van der Waals surface area contributed by atoms with E-state index >= 15 is 0 Å². The fourth-order valence-corrected chi connectivity index (χ4v) is 3.61. The number of aromatic nitrogens is 1. The molecule has 1 unspecified atom stereocenters. The van der Waals surface area contributed by atoms with Crippen molar-refractivity contribution >= 4 is 17.7 Å². The summed E-state index contributed by atoms with van der Waals surface area (Å²) in [5.74, 6) is -2.64. The molecule has 10 heteroatoms. The molecule has 0 aromatic carbocycles. The molecule has 29 heavy (non-hydrogen) atoms. The molecule has 3 aliphatic rings. The molecule has 1 atom stereocenters. The number of amides is 2. The third-order valence-electron chi connectivity index (χ3n) is 5.46. The zero-order valence-electron chi connectivity index (χ0n) is 15.9. The molecule has 1 aliphatic carbocycles. The van der Waals surface area contributed by atoms with E-state index in [1.165, 1.54) is 15.9 Å². The SMILES string of the molecule is O=C(NC1CCCCN1C(=O)O)c1ccc(N2CC(F)(F)C2)c(OCC2CC2)n1. The molecular weight excluding hydrogens is 386 g/mol. The number of nitrogens with one attached hydrogen (secondary N) is 1. The van der Waals surface area contributed by atoms with Crippen LogP contribution in [0.2, 0.25) is 0 Å². The van der Waals surface area contributed by atoms with Crippen molar-refractivity contribution in [3.8, 4) is 5.88 Å². The fourth-order valence-electron chi connectivity index (χ4n) is 3.61. The summed E-state index contributed by atoms with van der Waals surface area (Å²) in [4.78, 5) is 31.0. The third kappa shape index (κ3) is 4.51. The Labute approximate surface area is 166 Å². The Hall–Kier alpha value is -2.65. The minimum Gasteiger partial charge on any atom is -0.476 e. The van der Waals surface area contributed by atoms with Crippen LogP contribution in [0.5, 0.6) is 5.88 Å². The molecule has 0 bridgehead atoms. The van der Waals surface area contributed by atoms with Gasteiger partial charge in [0, 0.05) is 6.54 Å². The van der Waals surface area contributed by atoms with E-state index in [1.54, 1.807) is 6.07 Å². The van der Waals surface area contributed by atoms with E-state index in [-0.39, 0.29) is 11.6 Å². The van der Waals surface area contributed by atoms with E-state index in [0.717, 1.165) is 25.7 Å². The number of carbonyl (C=O) groups is 2. The molecule has 2 saturated heterocycles. The molecule has 1 saturated carbocycles. The van der Waals surface area contributed by atoms with Gasteiger partial charge in [-0.3, -0.25) is 9.69 Å². The number of rotatable bonds is 6. The second kappa shape index (κ2) is 7.64. The summed E-state index contributed by atoms with van der Waals surface area (Å²) in [5, 5.41) is 12.0. The van der Waals surface area contributed by atoms with Crippen LogP contribution in [-0.4, -0.2) is 65.3 Å². The summed E-state index contributed by atoms with van der Waals surface area (Å²) in [6, 6.07) is 3.02. The Morgan fingerprint density at radius 3 is 2.66 bits per heavy atom. The van der Waals surface area contributed by atoms with E-state index in [2.05, 4.69) is 10.3 Å². The lowest BCUT2D eigenvalue weighted by Gasteiger charge is -2.40. The van der Waals surface area contributed by atoms with Gasteiger partial charge in [0.1, 0.15) is 17.5 Å². The van der Waals surface area contributed by atoms with E-state index in [4.69, 9.17) is 4.74 Å². The number of carbonyl (C=O) groups excluding carboxylic acids is 1. The van der Waals surface area contributed by atoms with E-state index in [9.17, 15) is 23.5 Å². The van der Waals surface area contributed by atoms with Gasteiger partial charge >= 0.3 is 6.09 Å². The van der Waals surface area contributed by atoms with Gasteiger partial charge in [0.15, 0.2) is 0 Å². The number of hydrogen-bond donors (Lipinski definition) is 2. The average molecular weight is 410 g/mol. The number of likely N-dealkylation sites (tertiary alicyclic amines) is 1. The van der Waals surface area contributed by atoms with E-state index in [0.29, 0.717) is 31.2 Å². The molecule has 2 aliphatic heterocycles. The lowest BCUT2D eigenvalue weighted by Crippen LogP contribution is -2.56. The van der Waals surface area contributed by atoms with Crippen molar-refractivity contribution in [3.63, 3.8) is 0 Å². The highest BCUT2D eigenvalue weighted by molar-refractivity contribution is 5.93. The molecule has 3 heterocycles. The van der Waals surface area contributed by atoms with Crippen LogP contribution in [0, 0.1) is 5.92 Å². The minimum atomic E-state index is -2.73. The van der Waals surface area contributed by atoms with E-state index in [1.807, 2.05) is 0 Å². The van der Waals surface area contributed by atoms with Crippen molar-refractivity contribution < 1.29 is 28.2 Å². The van der Waals surface area contributed by atoms with Crippen molar-refractivity contribution in [1.29, 1.82) is 0 Å². The van der Waals surface area contributed by atoms with Crippen LogP contribution in [0.25, 0.3) is 0 Å². The molecule has 1 aromatic heterocycles. The summed E-state index contributed by atoms with van der Waals surface area (Å²) in [5.41, 5.74) is 0.515. The van der Waals surface area contributed by atoms with Crippen molar-refractivity contribution in [2.45, 2.75) is 44.2 Å². The quantitative estimate of drug-likeness (QED) is 0.749. The summed E-state index contributed by atoms with van der Waals surface area (Å²) >= 11 is 0. The predicted octanol–water partition coefficient (Wildman–Crippen LogP) is 2.55. The fraction of sp³-hybridized carbons (Fsp3) is 0.632. The van der Waals surface area contributed by atoms with Gasteiger partial charge < -0.3 is 20.1 Å². The Morgan fingerprint density at radius 2 is 2.00 bits per heavy atom. The number of hydrogen-bond acceptors (Lipinski definition) is 5. The highest BCUT2D eigenvalue weighted by atomic mass is 19.3. The predicted molar refractivity (Wildman–Crippen MR) is 99.5 cm³/mol. The first-order chi connectivity index (χ1) is 13.8. The largest absolute Gasteiger partial charge is 0.476 e. The van der Waals surface area contributed by atoms with Crippen molar-refractivity contribution in [2.24, 2.45) is 5.92 Å². The maximum Gasteiger partial charge on any atom is 0.408 e. The lowest BCUT2D eigenvalue weighted by atomic mass is 10.1. The molecule has 0 radical (unpaired) electrons. The minimum absolute atomic E-state index is 0.0720. The van der Waals surface area contributed by atoms with Gasteiger partial charge in [-0.2, -0.15) is 0 Å². The average Bonchev–Trinajstić information content (AvgIpc) is 3.49. The molecule has 1 aromatic rings. The summed E-state index contributed by atoms with van der Waals surface area (Å²) in [6.45, 7) is -0.0123. The van der Waals surface area contributed by atoms with Gasteiger partial charge in [-0.25, -0.2) is 18.6 Å². The van der Waals surface area contributed by atoms with Crippen LogP contribution in [0.1, 0.15) is 42.6 Å². The number of alkyl halides is 2. The molecule has 3 fully saturated rings. The number of anilines is 1. The number of ether oxygens (including phenoxy) is 1. The van der Waals surface area contributed by atoms with Crippen LogP contribution in [0.4, 0.5) is 19.3 Å². The zero-order chi connectivity index (χ0) is 20.6. The Morgan fingerprint density at radius 1 is 1.24 bits per heavy atom. The smallest absolute Gasteiger partial charge is 0.408 e. The number of piperidine rings is 1. The molecule has 2 amide bonds. The number of pyridine rings is 1. The van der Waals surface area contributed by atoms with Crippen LogP contribution < -0.4 is 15.0 Å². The molecule has 8 nitrogen and oxygen atoms in total. The zero-order valence-corrected chi connectivity index (χ0v) is 15.9. The number of nitrogens with zero attached hydrogens (tertiary/aromatic N) is 3. The van der Waals surface area contributed by atoms with Gasteiger partial charge in [-0.1, -0.05) is 0 Å². The normalized spacial score (nSPS) is 23.3. The highest BCUT2D eigenvalue weighted by Gasteiger charge is 2.45. The van der Waals surface area contributed by atoms with Gasteiger partial charge in [-0.05, 0) is 50.2 Å². The van der Waals surface area contributed by atoms with Gasteiger partial charge in [0.25, 0.3) is 11.8 Å². The van der Waals surface area contributed by atoms with Crippen LogP contribution >= 0.6 is 0 Å². The van der Waals surface area contributed by atoms with E-state index < -0.39 is 37.2 Å². The molecular formula is C19H24F2N4O4. The number of halogens is 2. The highest BCUT2D eigenvalue weighted by Crippen LogP contribution is 2.38. The summed E-state index contributed by atoms with van der Waals surface area (Å²) < 4.78 is 32.3. The summed E-state index contributed by atoms with van der Waals surface area (Å²) in [7, 11) is 0. The molecule has 4 rings (SSSR count). The van der Waals surface area contributed by atoms with Crippen molar-refractivity contribution in [1.82, 2.24) is 15.2 Å². The van der Waals surface area contributed by atoms with Crippen LogP contribution in [0.15, 0.2) is 12.1 Å². The Kier molecular flexibility index (Phi) is 5.18. The standard InChI is InChI=1S/C19H24F2N4O4/c20-19(21)10-24(11-19)14-7-6-13(22-17(14)29-9-12-4-5-12)16(26)23-15-3-1-2-8-25(15)18(27)28/h6-7,12,15H,1-5,8-11H2,(H,23,26)(H,27,28). The molecule has 0 spiro atoms. The van der Waals surface area contributed by atoms with Crippen molar-refractivity contribution in [3.05, 3.63) is 17.8 Å². The first kappa shape index (κ1) is 19.7. The molecule has 2 N–H and O–H groups in total. The topological polar surface area (TPSA) is 95.0 Å². The van der Waals surface area contributed by atoms with Gasteiger partial charge in [-0.15, -0.1) is 0 Å². The maximum atomic E-state index is 13.3. The van der Waals surface area contributed by atoms with Gasteiger partial charge in [0.2, 0.25) is 5.88 Å². The lowest BCUT2D eigenvalue weighted by molar-refractivity contribution is -0.0265. The van der Waals surface area contributed by atoms with Gasteiger partial charge in [0.05, 0.1) is 19.7 Å². The van der Waals surface area contributed by atoms with Crippen LogP contribution in [-0.2, 0) is 0 Å². The Bertz CT molecular complexity index is 794. The maximum absolute atomic E-state index is 13.3. The molecule has 158 valence electrons. The first-order valence-electron chi connectivity index (χ1n) is 9.89. The Balaban J connectivity index is 1.49. The monoisotopic (exact) mass is 410 g/mol. The number of carboxylic acid groups (broad SMARTS) is 1. The van der Waals surface area contributed by atoms with Crippen molar-refractivity contribution in [2.75, 3.05) is 31.1 Å². The summed E-state index contributed by atoms with van der Waals surface area (Å²) in [6.07, 6.45) is 2.54.